The first-order valence-corrected chi connectivity index (χ1v) is 9.09. The van der Waals surface area contributed by atoms with Crippen molar-refractivity contribution in [1.82, 2.24) is 0 Å². The summed E-state index contributed by atoms with van der Waals surface area (Å²) in [7, 11) is 0. The topological polar surface area (TPSA) is 31.0 Å². The molecule has 6 atom stereocenters. The van der Waals surface area contributed by atoms with Gasteiger partial charge < -0.3 is 14.2 Å². The average molecular weight is 310 g/mol. The second kappa shape index (κ2) is 9.05. The Kier molecular flexibility index (Phi) is 7.39. The highest BCUT2D eigenvalue weighted by molar-refractivity contribution is 4.98. The van der Waals surface area contributed by atoms with Gasteiger partial charge in [-0.3, -0.25) is 0 Å². The number of ether oxygens (including phenoxy) is 3. The van der Waals surface area contributed by atoms with E-state index in [-0.39, 0.29) is 0 Å². The molecular weight excluding hydrogens is 276 g/mol. The first kappa shape index (κ1) is 18.0. The molecule has 0 amide bonds. The second-order valence-corrected chi connectivity index (χ2v) is 7.03. The van der Waals surface area contributed by atoms with E-state index in [1.165, 1.54) is 19.3 Å². The van der Waals surface area contributed by atoms with E-state index in [4.69, 9.17) is 14.2 Å². The summed E-state index contributed by atoms with van der Waals surface area (Å²) in [5, 5.41) is 0. The Morgan fingerprint density at radius 3 is 2.50 bits per heavy atom. The molecule has 2 saturated carbocycles. The zero-order valence-electron chi connectivity index (χ0n) is 14.6. The van der Waals surface area contributed by atoms with E-state index in [2.05, 4.69) is 20.4 Å². The lowest BCUT2D eigenvalue weighted by Crippen LogP contribution is -2.28. The van der Waals surface area contributed by atoms with E-state index in [0.29, 0.717) is 6.10 Å². The van der Waals surface area contributed by atoms with Crippen LogP contribution in [0.1, 0.15) is 40.0 Å². The molecule has 0 aromatic heterocycles. The molecule has 0 N–H and O–H groups in total. The fourth-order valence-electron chi connectivity index (χ4n) is 4.48. The highest BCUT2D eigenvalue weighted by atomic mass is 16.6. The first-order chi connectivity index (χ1) is 10.7. The van der Waals surface area contributed by atoms with Crippen molar-refractivity contribution in [2.75, 3.05) is 33.0 Å². The summed E-state index contributed by atoms with van der Waals surface area (Å²) in [6.07, 6.45) is 6.54. The summed E-state index contributed by atoms with van der Waals surface area (Å²) in [4.78, 5) is 0. The van der Waals surface area contributed by atoms with Gasteiger partial charge in [0, 0.05) is 6.61 Å². The molecule has 3 heteroatoms. The lowest BCUT2D eigenvalue weighted by Gasteiger charge is -2.33. The van der Waals surface area contributed by atoms with Crippen LogP contribution in [0.2, 0.25) is 0 Å². The van der Waals surface area contributed by atoms with Crippen LogP contribution >= 0.6 is 0 Å². The Balaban J connectivity index is 0.000000211. The number of hydrogen-bond acceptors (Lipinski definition) is 3. The van der Waals surface area contributed by atoms with Crippen molar-refractivity contribution in [3.63, 3.8) is 0 Å². The zero-order valence-corrected chi connectivity index (χ0v) is 14.6. The number of rotatable bonds is 8. The SMILES string of the molecule is C=CCOCC1CC2CC1C(CC)C2C.CCOCC1CO1. The standard InChI is InChI=1S/C14H24O.C5H10O2/c1-4-6-15-9-12-7-11-8-14(12)13(5-2)10(11)3;1-2-6-3-5-4-7-5/h4,10-14H,1,5-9H2,2-3H3;5H,2-4H2,1H3. The molecule has 128 valence electrons. The average Bonchev–Trinajstić information content (AvgIpc) is 3.19. The third-order valence-corrected chi connectivity index (χ3v) is 5.70. The largest absolute Gasteiger partial charge is 0.379 e. The van der Waals surface area contributed by atoms with Crippen molar-refractivity contribution in [3.8, 4) is 0 Å². The molecule has 3 nitrogen and oxygen atoms in total. The molecular formula is C19H34O3. The second-order valence-electron chi connectivity index (χ2n) is 7.03. The highest BCUT2D eigenvalue weighted by Gasteiger charge is 2.49. The van der Waals surface area contributed by atoms with Crippen LogP contribution in [-0.2, 0) is 14.2 Å². The predicted octanol–water partition coefficient (Wildman–Crippen LogP) is 3.93. The number of hydrogen-bond donors (Lipinski definition) is 0. The minimum atomic E-state index is 0.431. The van der Waals surface area contributed by atoms with Crippen LogP contribution in [-0.4, -0.2) is 39.1 Å². The van der Waals surface area contributed by atoms with Gasteiger partial charge >= 0.3 is 0 Å². The van der Waals surface area contributed by atoms with Crippen LogP contribution in [0.5, 0.6) is 0 Å². The minimum absolute atomic E-state index is 0.431. The van der Waals surface area contributed by atoms with Gasteiger partial charge in [0.25, 0.3) is 0 Å². The van der Waals surface area contributed by atoms with Crippen LogP contribution in [0.3, 0.4) is 0 Å². The van der Waals surface area contributed by atoms with Gasteiger partial charge in [0.2, 0.25) is 0 Å². The molecule has 2 bridgehead atoms. The molecule has 1 aliphatic heterocycles. The fraction of sp³-hybridized carbons (Fsp3) is 0.895. The molecule has 2 aliphatic carbocycles. The van der Waals surface area contributed by atoms with Crippen molar-refractivity contribution >= 4 is 0 Å². The highest BCUT2D eigenvalue weighted by Crippen LogP contribution is 2.56. The van der Waals surface area contributed by atoms with E-state index in [1.807, 2.05) is 13.0 Å². The molecule has 3 aliphatic rings. The van der Waals surface area contributed by atoms with Crippen molar-refractivity contribution in [2.24, 2.45) is 29.6 Å². The molecule has 1 heterocycles. The van der Waals surface area contributed by atoms with Crippen LogP contribution in [0.25, 0.3) is 0 Å². The van der Waals surface area contributed by atoms with Crippen molar-refractivity contribution in [1.29, 1.82) is 0 Å². The van der Waals surface area contributed by atoms with E-state index < -0.39 is 0 Å². The predicted molar refractivity (Wildman–Crippen MR) is 89.9 cm³/mol. The molecule has 3 fully saturated rings. The summed E-state index contributed by atoms with van der Waals surface area (Å²) in [6.45, 7) is 14.7. The Labute approximate surface area is 136 Å². The van der Waals surface area contributed by atoms with Gasteiger partial charge in [0.05, 0.1) is 26.4 Å². The van der Waals surface area contributed by atoms with Crippen LogP contribution in [0.15, 0.2) is 12.7 Å². The molecule has 0 aromatic rings. The van der Waals surface area contributed by atoms with Gasteiger partial charge in [-0.1, -0.05) is 26.3 Å². The Bertz CT molecular complexity index is 327. The van der Waals surface area contributed by atoms with E-state index in [1.54, 1.807) is 0 Å². The normalized spacial score (nSPS) is 38.5. The van der Waals surface area contributed by atoms with Gasteiger partial charge in [-0.25, -0.2) is 0 Å². The number of epoxide rings is 1. The molecule has 3 rings (SSSR count). The quantitative estimate of drug-likeness (QED) is 0.387. The van der Waals surface area contributed by atoms with Gasteiger partial charge in [0.15, 0.2) is 0 Å². The Hall–Kier alpha value is -0.380. The Morgan fingerprint density at radius 1 is 1.18 bits per heavy atom. The monoisotopic (exact) mass is 310 g/mol. The van der Waals surface area contributed by atoms with E-state index in [9.17, 15) is 0 Å². The van der Waals surface area contributed by atoms with Crippen molar-refractivity contribution in [2.45, 2.75) is 46.1 Å². The number of fused-ring (bicyclic) bond motifs is 2. The molecule has 22 heavy (non-hydrogen) atoms. The van der Waals surface area contributed by atoms with Crippen LogP contribution in [0, 0.1) is 29.6 Å². The zero-order chi connectivity index (χ0) is 15.9. The van der Waals surface area contributed by atoms with Crippen LogP contribution < -0.4 is 0 Å². The summed E-state index contributed by atoms with van der Waals surface area (Å²) in [6, 6.07) is 0. The minimum Gasteiger partial charge on any atom is -0.379 e. The lowest BCUT2D eigenvalue weighted by molar-refractivity contribution is 0.0650. The van der Waals surface area contributed by atoms with Gasteiger partial charge in [-0.2, -0.15) is 0 Å². The van der Waals surface area contributed by atoms with Crippen molar-refractivity contribution in [3.05, 3.63) is 12.7 Å². The van der Waals surface area contributed by atoms with Gasteiger partial charge in [-0.15, -0.1) is 6.58 Å². The third-order valence-electron chi connectivity index (χ3n) is 5.70. The summed E-state index contributed by atoms with van der Waals surface area (Å²) in [5.74, 6) is 4.74. The lowest BCUT2D eigenvalue weighted by atomic mass is 9.74. The third kappa shape index (κ3) is 4.81. The molecule has 0 aromatic carbocycles. The maximum Gasteiger partial charge on any atom is 0.104 e. The van der Waals surface area contributed by atoms with Gasteiger partial charge in [-0.05, 0) is 49.4 Å². The first-order valence-electron chi connectivity index (χ1n) is 9.09. The smallest absolute Gasteiger partial charge is 0.104 e. The fourth-order valence-corrected chi connectivity index (χ4v) is 4.48. The Morgan fingerprint density at radius 2 is 1.95 bits per heavy atom. The maximum atomic E-state index is 5.63. The van der Waals surface area contributed by atoms with E-state index >= 15 is 0 Å². The summed E-state index contributed by atoms with van der Waals surface area (Å²) < 4.78 is 15.5. The molecule has 1 saturated heterocycles. The maximum absolute atomic E-state index is 5.63. The summed E-state index contributed by atoms with van der Waals surface area (Å²) in [5.41, 5.74) is 0. The van der Waals surface area contributed by atoms with Gasteiger partial charge in [0.1, 0.15) is 6.10 Å². The molecule has 0 radical (unpaired) electrons. The van der Waals surface area contributed by atoms with Crippen LogP contribution in [0.4, 0.5) is 0 Å². The molecule has 6 unspecified atom stereocenters. The van der Waals surface area contributed by atoms with Crippen molar-refractivity contribution < 1.29 is 14.2 Å². The van der Waals surface area contributed by atoms with E-state index in [0.717, 1.165) is 62.6 Å². The summed E-state index contributed by atoms with van der Waals surface area (Å²) >= 11 is 0. The molecule has 0 spiro atoms.